The van der Waals surface area contributed by atoms with Gasteiger partial charge in [-0.05, 0) is 19.1 Å². The van der Waals surface area contributed by atoms with Crippen LogP contribution in [0, 0.1) is 6.92 Å². The van der Waals surface area contributed by atoms with Crippen molar-refractivity contribution in [1.82, 2.24) is 4.98 Å². The number of hydrogen-bond donors (Lipinski definition) is 2. The number of nitrogens with one attached hydrogen (secondary N) is 1. The van der Waals surface area contributed by atoms with Crippen LogP contribution >= 0.6 is 0 Å². The van der Waals surface area contributed by atoms with E-state index in [0.717, 1.165) is 12.5 Å². The largest absolute Gasteiger partial charge is 0.480 e. The van der Waals surface area contributed by atoms with Crippen LogP contribution in [0.5, 0.6) is 0 Å². The van der Waals surface area contributed by atoms with Gasteiger partial charge in [-0.3, -0.25) is 9.52 Å². The summed E-state index contributed by atoms with van der Waals surface area (Å²) in [7, 11) is -3.97. The minimum Gasteiger partial charge on any atom is -0.480 e. The van der Waals surface area contributed by atoms with Crippen LogP contribution in [-0.2, 0) is 14.8 Å². The molecule has 1 atom stereocenters. The van der Waals surface area contributed by atoms with Gasteiger partial charge in [-0.1, -0.05) is 12.1 Å². The summed E-state index contributed by atoms with van der Waals surface area (Å²) in [6.07, 6.45) is 1.50. The molecule has 112 valence electrons. The Morgan fingerprint density at radius 1 is 1.33 bits per heavy atom. The molecule has 0 amide bonds. The zero-order chi connectivity index (χ0) is 15.6. The molecule has 0 aliphatic carbocycles. The fraction of sp³-hybridized carbons (Fsp3) is 0.231. The van der Waals surface area contributed by atoms with Gasteiger partial charge in [-0.25, -0.2) is 13.4 Å². The number of anilines is 1. The van der Waals surface area contributed by atoms with Gasteiger partial charge in [-0.15, -0.1) is 0 Å². The third-order valence-corrected chi connectivity index (χ3v) is 4.53. The molecule has 1 heterocycles. The first kappa shape index (κ1) is 15.0. The number of sulfonamides is 1. The van der Waals surface area contributed by atoms with Crippen LogP contribution < -0.4 is 4.72 Å². The molecule has 7 nitrogen and oxygen atoms in total. The number of rotatable bonds is 5. The molecular weight excluding hydrogens is 296 g/mol. The van der Waals surface area contributed by atoms with Gasteiger partial charge < -0.3 is 9.52 Å². The number of carbonyl (C=O) groups is 1. The number of carboxylic acids is 1. The third kappa shape index (κ3) is 3.40. The second-order valence-electron chi connectivity index (χ2n) is 4.46. The first-order chi connectivity index (χ1) is 9.79. The lowest BCUT2D eigenvalue weighted by atomic mass is 10.1. The Bertz CT molecular complexity index is 749. The van der Waals surface area contributed by atoms with E-state index in [1.165, 1.54) is 18.4 Å². The van der Waals surface area contributed by atoms with E-state index in [2.05, 4.69) is 9.71 Å². The number of aryl methyl sites for hydroxylation is 1. The summed E-state index contributed by atoms with van der Waals surface area (Å²) in [4.78, 5) is 14.9. The maximum absolute atomic E-state index is 11.8. The normalized spacial score (nSPS) is 12.9. The van der Waals surface area contributed by atoms with Crippen LogP contribution in [-0.4, -0.2) is 29.7 Å². The number of carboxylic acid groups (broad SMARTS) is 1. The predicted octanol–water partition coefficient (Wildman–Crippen LogP) is 1.86. The van der Waals surface area contributed by atoms with Crippen LogP contribution in [0.3, 0.4) is 0 Å². The highest BCUT2D eigenvalue weighted by atomic mass is 32.2. The van der Waals surface area contributed by atoms with E-state index in [-0.39, 0.29) is 5.69 Å². The number of nitrogens with zero attached hydrogens (tertiary/aromatic N) is 1. The Balaban J connectivity index is 2.18. The summed E-state index contributed by atoms with van der Waals surface area (Å²) < 4.78 is 30.9. The van der Waals surface area contributed by atoms with E-state index in [1.54, 1.807) is 19.1 Å². The van der Waals surface area contributed by atoms with E-state index in [9.17, 15) is 13.2 Å². The van der Waals surface area contributed by atoms with Gasteiger partial charge in [0.05, 0.1) is 0 Å². The Morgan fingerprint density at radius 3 is 2.43 bits per heavy atom. The number of aliphatic carboxylic acids is 1. The lowest BCUT2D eigenvalue weighted by Gasteiger charge is -2.11. The topological polar surface area (TPSA) is 110 Å². The molecule has 0 saturated carbocycles. The molecule has 0 bridgehead atoms. The zero-order valence-electron chi connectivity index (χ0n) is 11.4. The van der Waals surface area contributed by atoms with Crippen LogP contribution in [0.15, 0.2) is 34.9 Å². The molecule has 0 saturated heterocycles. The lowest BCUT2D eigenvalue weighted by molar-refractivity contribution is -0.136. The summed E-state index contributed by atoms with van der Waals surface area (Å²) in [6, 6.07) is 6.40. The fourth-order valence-corrected chi connectivity index (χ4v) is 2.50. The second kappa shape index (κ2) is 5.57. The molecule has 0 radical (unpaired) electrons. The minimum atomic E-state index is -3.97. The van der Waals surface area contributed by atoms with Crippen molar-refractivity contribution in [2.75, 3.05) is 4.72 Å². The molecule has 1 aromatic carbocycles. The molecule has 0 aliphatic rings. The van der Waals surface area contributed by atoms with Gasteiger partial charge >= 0.3 is 5.97 Å². The van der Waals surface area contributed by atoms with Crippen LogP contribution in [0.1, 0.15) is 12.8 Å². The van der Waals surface area contributed by atoms with Crippen molar-refractivity contribution < 1.29 is 22.7 Å². The highest BCUT2D eigenvalue weighted by Crippen LogP contribution is 2.21. The smallest absolute Gasteiger partial charge is 0.323 e. The van der Waals surface area contributed by atoms with E-state index >= 15 is 0 Å². The van der Waals surface area contributed by atoms with Crippen molar-refractivity contribution in [3.63, 3.8) is 0 Å². The molecular formula is C13H14N2O5S. The van der Waals surface area contributed by atoms with Crippen molar-refractivity contribution in [3.8, 4) is 11.3 Å². The van der Waals surface area contributed by atoms with E-state index in [1.807, 2.05) is 0 Å². The first-order valence-corrected chi connectivity index (χ1v) is 7.61. The third-order valence-electron chi connectivity index (χ3n) is 2.87. The van der Waals surface area contributed by atoms with E-state index in [0.29, 0.717) is 11.6 Å². The lowest BCUT2D eigenvalue weighted by Crippen LogP contribution is -2.32. The molecule has 8 heteroatoms. The fourth-order valence-electron chi connectivity index (χ4n) is 1.59. The number of benzene rings is 1. The minimum absolute atomic E-state index is 0.284. The second-order valence-corrected chi connectivity index (χ2v) is 6.46. The van der Waals surface area contributed by atoms with Gasteiger partial charge in [-0.2, -0.15) is 0 Å². The monoisotopic (exact) mass is 310 g/mol. The molecule has 1 unspecified atom stereocenters. The summed E-state index contributed by atoms with van der Waals surface area (Å²) in [5, 5.41) is 7.22. The Morgan fingerprint density at radius 2 is 1.95 bits per heavy atom. The Hall–Kier alpha value is -2.35. The van der Waals surface area contributed by atoms with Gasteiger partial charge in [0, 0.05) is 18.2 Å². The summed E-state index contributed by atoms with van der Waals surface area (Å²) in [5.41, 5.74) is 1.69. The van der Waals surface area contributed by atoms with Crippen molar-refractivity contribution >= 4 is 21.7 Å². The van der Waals surface area contributed by atoms with Crippen LogP contribution in [0.2, 0.25) is 0 Å². The van der Waals surface area contributed by atoms with Crippen molar-refractivity contribution in [1.29, 1.82) is 0 Å². The number of hydrogen-bond acceptors (Lipinski definition) is 5. The maximum atomic E-state index is 11.8. The molecule has 21 heavy (non-hydrogen) atoms. The summed E-state index contributed by atoms with van der Waals surface area (Å²) in [6.45, 7) is 2.83. The van der Waals surface area contributed by atoms with Crippen molar-refractivity contribution in [2.45, 2.75) is 19.1 Å². The van der Waals surface area contributed by atoms with Crippen molar-refractivity contribution in [3.05, 3.63) is 36.4 Å². The average Bonchev–Trinajstić information content (AvgIpc) is 2.85. The van der Waals surface area contributed by atoms with E-state index in [4.69, 9.17) is 9.52 Å². The molecule has 2 aromatic rings. The molecule has 0 spiro atoms. The highest BCUT2D eigenvalue weighted by molar-refractivity contribution is 7.94. The SMILES string of the molecule is Cc1nc(-c2ccc(NS(=O)(=O)C(C)C(=O)O)cc2)co1. The highest BCUT2D eigenvalue weighted by Gasteiger charge is 2.27. The Labute approximate surface area is 121 Å². The summed E-state index contributed by atoms with van der Waals surface area (Å²) in [5.74, 6) is -0.873. The predicted molar refractivity (Wildman–Crippen MR) is 76.3 cm³/mol. The standard InChI is InChI=1S/C13H14N2O5S/c1-8(13(16)17)21(18,19)15-11-5-3-10(4-6-11)12-7-20-9(2)14-12/h3-8,15H,1-2H3,(H,16,17). The van der Waals surface area contributed by atoms with Crippen molar-refractivity contribution in [2.24, 2.45) is 0 Å². The van der Waals surface area contributed by atoms with Gasteiger partial charge in [0.15, 0.2) is 11.1 Å². The quantitative estimate of drug-likeness (QED) is 0.872. The maximum Gasteiger partial charge on any atom is 0.323 e. The number of oxazole rings is 1. The van der Waals surface area contributed by atoms with E-state index < -0.39 is 21.2 Å². The Kier molecular flexibility index (Phi) is 3.99. The average molecular weight is 310 g/mol. The number of aromatic nitrogens is 1. The molecule has 2 N–H and O–H groups in total. The molecule has 0 fully saturated rings. The first-order valence-electron chi connectivity index (χ1n) is 6.06. The van der Waals surface area contributed by atoms with Gasteiger partial charge in [0.25, 0.3) is 0 Å². The van der Waals surface area contributed by atoms with Crippen LogP contribution in [0.4, 0.5) is 5.69 Å². The molecule has 0 aliphatic heterocycles. The molecule has 2 rings (SSSR count). The van der Waals surface area contributed by atoms with Crippen LogP contribution in [0.25, 0.3) is 11.3 Å². The summed E-state index contributed by atoms with van der Waals surface area (Å²) >= 11 is 0. The van der Waals surface area contributed by atoms with Gasteiger partial charge in [0.1, 0.15) is 12.0 Å². The van der Waals surface area contributed by atoms with Gasteiger partial charge in [0.2, 0.25) is 10.0 Å². The zero-order valence-corrected chi connectivity index (χ0v) is 12.2. The molecule has 1 aromatic heterocycles.